The lowest BCUT2D eigenvalue weighted by Crippen LogP contribution is -2.31. The highest BCUT2D eigenvalue weighted by Gasteiger charge is 2.19. The van der Waals surface area contributed by atoms with Crippen LogP contribution < -0.4 is 10.6 Å². The molecule has 1 aromatic heterocycles. The average molecular weight is 472 g/mol. The Kier molecular flexibility index (Phi) is 7.72. The van der Waals surface area contributed by atoms with E-state index in [1.54, 1.807) is 24.3 Å². The van der Waals surface area contributed by atoms with Gasteiger partial charge in [-0.2, -0.15) is 0 Å². The molecule has 0 radical (unpaired) electrons. The molecule has 8 heteroatoms. The number of nitrogens with one attached hydrogen (secondary N) is 2. The number of hydrogen-bond donors (Lipinski definition) is 3. The fraction of sp³-hybridized carbons (Fsp3) is 0.208. The lowest BCUT2D eigenvalue weighted by atomic mass is 10.0. The maximum atomic E-state index is 12.5. The van der Waals surface area contributed by atoms with Gasteiger partial charge in [0.15, 0.2) is 0 Å². The molecule has 0 bridgehead atoms. The first-order valence-corrected chi connectivity index (χ1v) is 10.8. The van der Waals surface area contributed by atoms with Crippen LogP contribution in [0.5, 0.6) is 0 Å². The van der Waals surface area contributed by atoms with Crippen LogP contribution in [0.4, 0.5) is 11.4 Å². The highest BCUT2D eigenvalue weighted by Crippen LogP contribution is 2.24. The molecule has 0 saturated heterocycles. The molecule has 3 aromatic rings. The van der Waals surface area contributed by atoms with E-state index in [9.17, 15) is 14.7 Å². The molecule has 1 atom stereocenters. The zero-order chi connectivity index (χ0) is 23.3. The third-order valence-electron chi connectivity index (χ3n) is 4.95. The summed E-state index contributed by atoms with van der Waals surface area (Å²) in [5.74, 6) is -0.994. The van der Waals surface area contributed by atoms with E-state index >= 15 is 0 Å². The largest absolute Gasteiger partial charge is 0.480 e. The molecule has 0 saturated carbocycles. The van der Waals surface area contributed by atoms with Crippen LogP contribution in [0.15, 0.2) is 60.9 Å². The number of carbonyl (C=O) groups excluding carboxylic acids is 1. The van der Waals surface area contributed by atoms with Crippen LogP contribution in [0.3, 0.4) is 0 Å². The van der Waals surface area contributed by atoms with Crippen LogP contribution in [0, 0.1) is 0 Å². The standard InChI is InChI=1S/C24H23Cl2N3O3/c1-14(2)16-5-9-17(10-6-16)28-21(24(31)32)11-15-3-7-18(8-4-15)29-23(30)22-19(25)12-27-13-20(22)26/h3-10,12-14,21,28H,11H2,1-2H3,(H,29,30)(H,31,32). The summed E-state index contributed by atoms with van der Waals surface area (Å²) in [6, 6.07) is 13.9. The molecule has 1 unspecified atom stereocenters. The van der Waals surface area contributed by atoms with Crippen molar-refractivity contribution in [1.82, 2.24) is 4.98 Å². The van der Waals surface area contributed by atoms with Gasteiger partial charge >= 0.3 is 5.97 Å². The molecular formula is C24H23Cl2N3O3. The number of carboxylic acid groups (broad SMARTS) is 1. The molecule has 1 amide bonds. The molecule has 0 aliphatic heterocycles. The van der Waals surface area contributed by atoms with Gasteiger partial charge in [-0.05, 0) is 41.3 Å². The molecule has 0 aliphatic carbocycles. The highest BCUT2D eigenvalue weighted by atomic mass is 35.5. The minimum Gasteiger partial charge on any atom is -0.480 e. The van der Waals surface area contributed by atoms with E-state index in [0.717, 1.165) is 11.3 Å². The van der Waals surface area contributed by atoms with Gasteiger partial charge in [0.2, 0.25) is 0 Å². The number of amides is 1. The van der Waals surface area contributed by atoms with Gasteiger partial charge in [0, 0.05) is 30.2 Å². The predicted octanol–water partition coefficient (Wildman–Crippen LogP) is 5.87. The molecule has 0 fully saturated rings. The monoisotopic (exact) mass is 471 g/mol. The highest BCUT2D eigenvalue weighted by molar-refractivity contribution is 6.40. The van der Waals surface area contributed by atoms with Gasteiger partial charge in [-0.25, -0.2) is 4.79 Å². The number of anilines is 2. The van der Waals surface area contributed by atoms with Crippen molar-refractivity contribution in [2.75, 3.05) is 10.6 Å². The number of aliphatic carboxylic acids is 1. The number of halogens is 2. The Morgan fingerprint density at radius 3 is 2.03 bits per heavy atom. The molecule has 1 heterocycles. The van der Waals surface area contributed by atoms with Crippen molar-refractivity contribution >= 4 is 46.5 Å². The Morgan fingerprint density at radius 2 is 1.50 bits per heavy atom. The first-order chi connectivity index (χ1) is 15.2. The molecular weight excluding hydrogens is 449 g/mol. The van der Waals surface area contributed by atoms with E-state index in [-0.39, 0.29) is 22.0 Å². The molecule has 166 valence electrons. The van der Waals surface area contributed by atoms with Crippen molar-refractivity contribution in [3.8, 4) is 0 Å². The van der Waals surface area contributed by atoms with Gasteiger partial charge in [-0.1, -0.05) is 61.3 Å². The Bertz CT molecular complexity index is 1080. The second-order valence-corrected chi connectivity index (χ2v) is 8.46. The fourth-order valence-electron chi connectivity index (χ4n) is 3.15. The quantitative estimate of drug-likeness (QED) is 0.381. The van der Waals surface area contributed by atoms with Gasteiger partial charge in [-0.15, -0.1) is 0 Å². The number of rotatable bonds is 8. The lowest BCUT2D eigenvalue weighted by Gasteiger charge is -2.17. The van der Waals surface area contributed by atoms with Crippen molar-refractivity contribution in [2.45, 2.75) is 32.2 Å². The van der Waals surface area contributed by atoms with E-state index in [4.69, 9.17) is 23.2 Å². The van der Waals surface area contributed by atoms with Crippen molar-refractivity contribution < 1.29 is 14.7 Å². The predicted molar refractivity (Wildman–Crippen MR) is 128 cm³/mol. The van der Waals surface area contributed by atoms with E-state index in [0.29, 0.717) is 11.6 Å². The number of carbonyl (C=O) groups is 2. The summed E-state index contributed by atoms with van der Waals surface area (Å²) < 4.78 is 0. The average Bonchev–Trinajstić information content (AvgIpc) is 2.74. The minimum absolute atomic E-state index is 0.144. The summed E-state index contributed by atoms with van der Waals surface area (Å²) in [4.78, 5) is 28.1. The first kappa shape index (κ1) is 23.6. The Balaban J connectivity index is 1.66. The van der Waals surface area contributed by atoms with Crippen molar-refractivity contribution in [3.63, 3.8) is 0 Å². The molecule has 0 aliphatic rings. The third-order valence-corrected chi connectivity index (χ3v) is 5.52. The van der Waals surface area contributed by atoms with Gasteiger partial charge < -0.3 is 15.7 Å². The zero-order valence-electron chi connectivity index (χ0n) is 17.6. The Hall–Kier alpha value is -3.09. The Morgan fingerprint density at radius 1 is 0.938 bits per heavy atom. The van der Waals surface area contributed by atoms with Crippen LogP contribution >= 0.6 is 23.2 Å². The van der Waals surface area contributed by atoms with Crippen molar-refractivity contribution in [1.29, 1.82) is 0 Å². The van der Waals surface area contributed by atoms with Gasteiger partial charge in [-0.3, -0.25) is 9.78 Å². The fourth-order valence-corrected chi connectivity index (χ4v) is 3.68. The maximum absolute atomic E-state index is 12.5. The smallest absolute Gasteiger partial charge is 0.326 e. The van der Waals surface area contributed by atoms with E-state index in [1.165, 1.54) is 18.0 Å². The summed E-state index contributed by atoms with van der Waals surface area (Å²) in [5, 5.41) is 15.8. The maximum Gasteiger partial charge on any atom is 0.326 e. The van der Waals surface area contributed by atoms with E-state index < -0.39 is 17.9 Å². The number of benzene rings is 2. The lowest BCUT2D eigenvalue weighted by molar-refractivity contribution is -0.137. The van der Waals surface area contributed by atoms with E-state index in [2.05, 4.69) is 29.5 Å². The van der Waals surface area contributed by atoms with E-state index in [1.807, 2.05) is 24.3 Å². The molecule has 3 N–H and O–H groups in total. The summed E-state index contributed by atoms with van der Waals surface area (Å²) in [6.07, 6.45) is 2.97. The SMILES string of the molecule is CC(C)c1ccc(NC(Cc2ccc(NC(=O)c3c(Cl)cncc3Cl)cc2)C(=O)O)cc1. The first-order valence-electron chi connectivity index (χ1n) is 10.0. The summed E-state index contributed by atoms with van der Waals surface area (Å²) in [7, 11) is 0. The number of carboxylic acids is 1. The topological polar surface area (TPSA) is 91.3 Å². The number of aromatic nitrogens is 1. The normalized spacial score (nSPS) is 11.8. The molecule has 6 nitrogen and oxygen atoms in total. The summed E-state index contributed by atoms with van der Waals surface area (Å²) in [6.45, 7) is 4.21. The second kappa shape index (κ2) is 10.5. The number of pyridine rings is 1. The molecule has 32 heavy (non-hydrogen) atoms. The third kappa shape index (κ3) is 5.99. The number of hydrogen-bond acceptors (Lipinski definition) is 4. The second-order valence-electron chi connectivity index (χ2n) is 7.65. The van der Waals surface area contributed by atoms with Crippen LogP contribution in [0.2, 0.25) is 10.0 Å². The summed E-state index contributed by atoms with van der Waals surface area (Å²) in [5.41, 5.74) is 3.42. The molecule has 3 rings (SSSR count). The van der Waals surface area contributed by atoms with Crippen LogP contribution in [0.25, 0.3) is 0 Å². The van der Waals surface area contributed by atoms with Gasteiger partial charge in [0.05, 0.1) is 15.6 Å². The van der Waals surface area contributed by atoms with Crippen LogP contribution in [0.1, 0.15) is 41.3 Å². The van der Waals surface area contributed by atoms with Crippen molar-refractivity contribution in [3.05, 3.63) is 87.7 Å². The van der Waals surface area contributed by atoms with Crippen LogP contribution in [-0.4, -0.2) is 28.0 Å². The number of nitrogens with zero attached hydrogens (tertiary/aromatic N) is 1. The zero-order valence-corrected chi connectivity index (χ0v) is 19.1. The van der Waals surface area contributed by atoms with Crippen molar-refractivity contribution in [2.24, 2.45) is 0 Å². The Labute approximate surface area is 196 Å². The molecule has 2 aromatic carbocycles. The molecule has 0 spiro atoms. The van der Waals surface area contributed by atoms with Gasteiger partial charge in [0.25, 0.3) is 5.91 Å². The summed E-state index contributed by atoms with van der Waals surface area (Å²) >= 11 is 12.0. The van der Waals surface area contributed by atoms with Gasteiger partial charge in [0.1, 0.15) is 6.04 Å². The minimum atomic E-state index is -0.947. The van der Waals surface area contributed by atoms with Crippen LogP contribution in [-0.2, 0) is 11.2 Å².